The zero-order chi connectivity index (χ0) is 7.70. The summed E-state index contributed by atoms with van der Waals surface area (Å²) < 4.78 is 10.5. The molecular formula is C4H9AgFO4. The Balaban J connectivity index is -0.0000000910. The summed E-state index contributed by atoms with van der Waals surface area (Å²) in [6, 6.07) is 0. The predicted octanol–water partition coefficient (Wildman–Crippen LogP) is -0.991. The fourth-order valence-corrected chi connectivity index (χ4v) is 0. The molecule has 6 heteroatoms. The first kappa shape index (κ1) is 16.6. The van der Waals surface area contributed by atoms with Gasteiger partial charge in [0.15, 0.2) is 6.67 Å². The van der Waals surface area contributed by atoms with Gasteiger partial charge in [-0.3, -0.25) is 0 Å². The van der Waals surface area contributed by atoms with Crippen LogP contribution in [0.4, 0.5) is 4.39 Å². The third kappa shape index (κ3) is 42.9. The van der Waals surface area contributed by atoms with E-state index in [9.17, 15) is 4.39 Å². The van der Waals surface area contributed by atoms with Gasteiger partial charge in [0.25, 0.3) is 0 Å². The van der Waals surface area contributed by atoms with Crippen LogP contribution in [0.1, 0.15) is 0 Å². The van der Waals surface area contributed by atoms with Crippen LogP contribution in [0.5, 0.6) is 0 Å². The maximum atomic E-state index is 10.5. The number of rotatable bonds is 2. The van der Waals surface area contributed by atoms with Crippen LogP contribution in [0, 0.1) is 0 Å². The van der Waals surface area contributed by atoms with Crippen molar-refractivity contribution in [2.45, 2.75) is 0 Å². The number of carbonyl (C=O) groups is 1. The minimum atomic E-state index is -1.41. The number of carboxylic acid groups (broad SMARTS) is 1. The van der Waals surface area contributed by atoms with Crippen molar-refractivity contribution in [3.05, 3.63) is 0 Å². The summed E-state index contributed by atoms with van der Waals surface area (Å²) in [7, 11) is 0. The molecule has 1 radical (unpaired) electrons. The van der Waals surface area contributed by atoms with Crippen molar-refractivity contribution in [1.82, 2.24) is 0 Å². The molecule has 0 unspecified atom stereocenters. The van der Waals surface area contributed by atoms with E-state index in [1.54, 1.807) is 0 Å². The second kappa shape index (κ2) is 16.0. The molecule has 0 saturated carbocycles. The van der Waals surface area contributed by atoms with Gasteiger partial charge >= 0.3 is 5.97 Å². The Morgan fingerprint density at radius 2 is 1.50 bits per heavy atom. The van der Waals surface area contributed by atoms with E-state index in [4.69, 9.17) is 20.1 Å². The Hall–Kier alpha value is 0.0603. The summed E-state index contributed by atoms with van der Waals surface area (Å²) in [6.07, 6.45) is 0. The second-order valence-electron chi connectivity index (χ2n) is 0.975. The molecule has 10 heavy (non-hydrogen) atoms. The molecule has 67 valence electrons. The van der Waals surface area contributed by atoms with Gasteiger partial charge in [-0.1, -0.05) is 0 Å². The number of alkyl halides is 1. The minimum Gasteiger partial charge on any atom is -0.479 e. The average Bonchev–Trinajstić information content (AvgIpc) is 1.89. The van der Waals surface area contributed by atoms with Gasteiger partial charge in [-0.2, -0.15) is 0 Å². The summed E-state index contributed by atoms with van der Waals surface area (Å²) >= 11 is 0. The van der Waals surface area contributed by atoms with Gasteiger partial charge in [-0.25, -0.2) is 9.18 Å². The van der Waals surface area contributed by atoms with Gasteiger partial charge in [0.2, 0.25) is 0 Å². The fourth-order valence-electron chi connectivity index (χ4n) is 0. The first-order valence-corrected chi connectivity index (χ1v) is 2.18. The van der Waals surface area contributed by atoms with E-state index in [1.165, 1.54) is 0 Å². The van der Waals surface area contributed by atoms with Gasteiger partial charge in [-0.05, 0) is 0 Å². The van der Waals surface area contributed by atoms with E-state index in [0.717, 1.165) is 0 Å². The van der Waals surface area contributed by atoms with E-state index in [2.05, 4.69) is 0 Å². The molecule has 0 fully saturated rings. The molecule has 0 bridgehead atoms. The van der Waals surface area contributed by atoms with Crippen molar-refractivity contribution in [3.63, 3.8) is 0 Å². The van der Waals surface area contributed by atoms with Crippen molar-refractivity contribution >= 4 is 5.97 Å². The Kier molecular flexibility index (Phi) is 26.6. The second-order valence-corrected chi connectivity index (χ2v) is 0.975. The van der Waals surface area contributed by atoms with Crippen LogP contribution in [0.2, 0.25) is 0 Å². The molecule has 0 aromatic carbocycles. The molecule has 0 spiro atoms. The van der Waals surface area contributed by atoms with Crippen LogP contribution in [-0.2, 0) is 27.2 Å². The monoisotopic (exact) mass is 247 g/mol. The van der Waals surface area contributed by atoms with Crippen LogP contribution in [0.3, 0.4) is 0 Å². The third-order valence-corrected chi connectivity index (χ3v) is 0.214. The standard InChI is InChI=1S/C2H3FO2.C2H6O2.Ag/c3-1-2(4)5;3-1-2-4;/h1H2,(H,4,5);3-4H,1-2H2;. The fraction of sp³-hybridized carbons (Fsp3) is 0.750. The number of aliphatic hydroxyl groups is 2. The number of aliphatic carboxylic acids is 1. The molecule has 0 heterocycles. The van der Waals surface area contributed by atoms with Crippen molar-refractivity contribution in [3.8, 4) is 0 Å². The Morgan fingerprint density at radius 1 is 1.30 bits per heavy atom. The van der Waals surface area contributed by atoms with Gasteiger partial charge in [0.1, 0.15) is 0 Å². The predicted molar refractivity (Wildman–Crippen MR) is 27.8 cm³/mol. The summed E-state index contributed by atoms with van der Waals surface area (Å²) in [5, 5.41) is 22.6. The molecule has 0 atom stereocenters. The van der Waals surface area contributed by atoms with E-state index >= 15 is 0 Å². The van der Waals surface area contributed by atoms with Crippen LogP contribution < -0.4 is 0 Å². The zero-order valence-electron chi connectivity index (χ0n) is 5.05. The number of aliphatic hydroxyl groups excluding tert-OH is 2. The van der Waals surface area contributed by atoms with Crippen LogP contribution in [-0.4, -0.2) is 41.2 Å². The van der Waals surface area contributed by atoms with Gasteiger partial charge < -0.3 is 15.3 Å². The van der Waals surface area contributed by atoms with Gasteiger partial charge in [0, 0.05) is 22.4 Å². The largest absolute Gasteiger partial charge is 0.479 e. The molecule has 0 rings (SSSR count). The summed E-state index contributed by atoms with van der Waals surface area (Å²) in [4.78, 5) is 8.99. The average molecular weight is 248 g/mol. The van der Waals surface area contributed by atoms with E-state index in [0.29, 0.717) is 0 Å². The van der Waals surface area contributed by atoms with E-state index in [-0.39, 0.29) is 35.6 Å². The molecule has 0 saturated heterocycles. The first-order chi connectivity index (χ1) is 4.18. The van der Waals surface area contributed by atoms with Crippen molar-refractivity contribution in [2.24, 2.45) is 0 Å². The Morgan fingerprint density at radius 3 is 1.50 bits per heavy atom. The van der Waals surface area contributed by atoms with Crippen molar-refractivity contribution < 1.29 is 46.9 Å². The SMILES string of the molecule is O=C(O)CF.OCCO.[Ag]. The number of carboxylic acids is 1. The van der Waals surface area contributed by atoms with Crippen molar-refractivity contribution in [1.29, 1.82) is 0 Å². The van der Waals surface area contributed by atoms with Gasteiger partial charge in [-0.15, -0.1) is 0 Å². The number of hydrogen-bond donors (Lipinski definition) is 3. The van der Waals surface area contributed by atoms with Crippen molar-refractivity contribution in [2.75, 3.05) is 19.9 Å². The summed E-state index contributed by atoms with van der Waals surface area (Å²) in [5.74, 6) is -1.41. The van der Waals surface area contributed by atoms with E-state index < -0.39 is 12.6 Å². The Bertz CT molecular complexity index is 68.3. The molecule has 0 aromatic heterocycles. The smallest absolute Gasteiger partial charge is 0.335 e. The first-order valence-electron chi connectivity index (χ1n) is 2.18. The molecule has 4 nitrogen and oxygen atoms in total. The maximum absolute atomic E-state index is 10.5. The molecule has 0 amide bonds. The summed E-state index contributed by atoms with van der Waals surface area (Å²) in [5.41, 5.74) is 0. The number of halogens is 1. The molecule has 3 N–H and O–H groups in total. The van der Waals surface area contributed by atoms with E-state index in [1.807, 2.05) is 0 Å². The molecular weight excluding hydrogens is 239 g/mol. The quantitative estimate of drug-likeness (QED) is 0.548. The molecule has 0 aliphatic heterocycles. The normalized spacial score (nSPS) is 6.70. The van der Waals surface area contributed by atoms with Crippen LogP contribution >= 0.6 is 0 Å². The molecule has 0 aliphatic carbocycles. The van der Waals surface area contributed by atoms with Crippen LogP contribution in [0.25, 0.3) is 0 Å². The third-order valence-electron chi connectivity index (χ3n) is 0.214. The molecule has 0 aromatic rings. The molecule has 0 aliphatic rings. The summed E-state index contributed by atoms with van der Waals surface area (Å²) in [6.45, 7) is -1.53. The number of hydrogen-bond acceptors (Lipinski definition) is 3. The Labute approximate surface area is 73.2 Å². The van der Waals surface area contributed by atoms with Gasteiger partial charge in [0.05, 0.1) is 13.2 Å². The minimum absolute atomic E-state index is 0. The van der Waals surface area contributed by atoms with Crippen LogP contribution in [0.15, 0.2) is 0 Å². The topological polar surface area (TPSA) is 77.8 Å². The maximum Gasteiger partial charge on any atom is 0.335 e. The zero-order valence-corrected chi connectivity index (χ0v) is 6.53.